The van der Waals surface area contributed by atoms with Crippen LogP contribution in [0.4, 0.5) is 5.69 Å². The average molecular weight is 393 g/mol. The fourth-order valence-electron chi connectivity index (χ4n) is 1.74. The Balaban J connectivity index is 2.34. The van der Waals surface area contributed by atoms with Gasteiger partial charge in [0, 0.05) is 28.4 Å². The Kier molecular flexibility index (Phi) is 4.40. The fourth-order valence-corrected chi connectivity index (χ4v) is 3.53. The van der Waals surface area contributed by atoms with Crippen molar-refractivity contribution in [1.82, 2.24) is 9.55 Å². The summed E-state index contributed by atoms with van der Waals surface area (Å²) >= 11 is 3.22. The molecule has 0 radical (unpaired) electrons. The van der Waals surface area contributed by atoms with E-state index in [2.05, 4.69) is 26.2 Å². The smallest absolute Gasteiger partial charge is 0.275 e. The molecule has 0 unspecified atom stereocenters. The first-order valence-electron chi connectivity index (χ1n) is 5.72. The standard InChI is InChI=1S/C12H11BrClN3O3S/c1-7-3-9(8(13)4-11(7)21(14,19)20)16-12(18)10-5-17(2)6-15-10/h3-6H,1-2H3,(H,16,18). The molecule has 9 heteroatoms. The minimum Gasteiger partial charge on any atom is -0.340 e. The molecular weight excluding hydrogens is 382 g/mol. The second kappa shape index (κ2) is 5.78. The number of aryl methyl sites for hydroxylation is 2. The first-order chi connectivity index (χ1) is 9.68. The van der Waals surface area contributed by atoms with Crippen LogP contribution in [0.25, 0.3) is 0 Å². The summed E-state index contributed by atoms with van der Waals surface area (Å²) in [6.07, 6.45) is 3.09. The van der Waals surface area contributed by atoms with Crippen molar-refractivity contribution in [2.24, 2.45) is 7.05 Å². The number of amides is 1. The SMILES string of the molecule is Cc1cc(NC(=O)c2cn(C)cn2)c(Br)cc1S(=O)(=O)Cl. The van der Waals surface area contributed by atoms with E-state index < -0.39 is 15.0 Å². The van der Waals surface area contributed by atoms with E-state index in [0.717, 1.165) is 0 Å². The molecule has 21 heavy (non-hydrogen) atoms. The number of benzene rings is 1. The maximum atomic E-state index is 12.0. The lowest BCUT2D eigenvalue weighted by Crippen LogP contribution is -2.13. The maximum Gasteiger partial charge on any atom is 0.275 e. The van der Waals surface area contributed by atoms with Crippen molar-refractivity contribution in [2.75, 3.05) is 5.32 Å². The zero-order chi connectivity index (χ0) is 15.8. The largest absolute Gasteiger partial charge is 0.340 e. The van der Waals surface area contributed by atoms with Gasteiger partial charge in [-0.25, -0.2) is 13.4 Å². The highest BCUT2D eigenvalue weighted by atomic mass is 79.9. The molecule has 0 aliphatic rings. The molecule has 0 fully saturated rings. The van der Waals surface area contributed by atoms with Crippen LogP contribution in [0.3, 0.4) is 0 Å². The highest BCUT2D eigenvalue weighted by Crippen LogP contribution is 2.30. The van der Waals surface area contributed by atoms with Crippen LogP contribution in [0.1, 0.15) is 16.1 Å². The van der Waals surface area contributed by atoms with Crippen molar-refractivity contribution in [3.63, 3.8) is 0 Å². The Morgan fingerprint density at radius 2 is 2.10 bits per heavy atom. The number of carbonyl (C=O) groups excluding carboxylic acids is 1. The molecule has 2 aromatic rings. The summed E-state index contributed by atoms with van der Waals surface area (Å²) < 4.78 is 24.9. The molecule has 1 aromatic carbocycles. The van der Waals surface area contributed by atoms with Gasteiger partial charge >= 0.3 is 0 Å². The van der Waals surface area contributed by atoms with Crippen LogP contribution in [0, 0.1) is 6.92 Å². The number of hydrogen-bond donors (Lipinski definition) is 1. The van der Waals surface area contributed by atoms with E-state index in [4.69, 9.17) is 10.7 Å². The van der Waals surface area contributed by atoms with Gasteiger partial charge in [0.05, 0.1) is 16.9 Å². The number of aromatic nitrogens is 2. The quantitative estimate of drug-likeness (QED) is 0.814. The molecule has 2 rings (SSSR count). The van der Waals surface area contributed by atoms with E-state index in [1.54, 1.807) is 24.7 Å². The number of anilines is 1. The Hall–Kier alpha value is -1.38. The molecule has 1 heterocycles. The molecule has 0 bridgehead atoms. The van der Waals surface area contributed by atoms with Gasteiger partial charge in [-0.05, 0) is 40.5 Å². The Bertz CT molecular complexity index is 817. The number of imidazole rings is 1. The van der Waals surface area contributed by atoms with E-state index in [-0.39, 0.29) is 10.6 Å². The monoisotopic (exact) mass is 391 g/mol. The molecule has 0 saturated carbocycles. The number of rotatable bonds is 3. The van der Waals surface area contributed by atoms with Crippen molar-refractivity contribution in [3.05, 3.63) is 40.4 Å². The third-order valence-corrected chi connectivity index (χ3v) is 4.83. The highest BCUT2D eigenvalue weighted by Gasteiger charge is 2.18. The average Bonchev–Trinajstić information content (AvgIpc) is 2.78. The summed E-state index contributed by atoms with van der Waals surface area (Å²) in [7, 11) is 3.26. The first-order valence-corrected chi connectivity index (χ1v) is 8.83. The summed E-state index contributed by atoms with van der Waals surface area (Å²) in [5.41, 5.74) is 1.13. The van der Waals surface area contributed by atoms with Crippen molar-refractivity contribution in [1.29, 1.82) is 0 Å². The van der Waals surface area contributed by atoms with Crippen LogP contribution < -0.4 is 5.32 Å². The van der Waals surface area contributed by atoms with Gasteiger partial charge in [-0.1, -0.05) is 0 Å². The van der Waals surface area contributed by atoms with E-state index >= 15 is 0 Å². The van der Waals surface area contributed by atoms with Gasteiger partial charge in [-0.2, -0.15) is 0 Å². The summed E-state index contributed by atoms with van der Waals surface area (Å²) in [4.78, 5) is 16.0. The minimum absolute atomic E-state index is 0.00752. The van der Waals surface area contributed by atoms with Gasteiger partial charge in [0.15, 0.2) is 0 Å². The topological polar surface area (TPSA) is 81.1 Å². The van der Waals surface area contributed by atoms with Gasteiger partial charge in [0.1, 0.15) is 5.69 Å². The van der Waals surface area contributed by atoms with Crippen LogP contribution in [-0.4, -0.2) is 23.9 Å². The van der Waals surface area contributed by atoms with Crippen LogP contribution in [-0.2, 0) is 16.1 Å². The van der Waals surface area contributed by atoms with Crippen molar-refractivity contribution >= 4 is 47.3 Å². The van der Waals surface area contributed by atoms with E-state index in [0.29, 0.717) is 15.7 Å². The molecule has 0 atom stereocenters. The molecular formula is C12H11BrClN3O3S. The Labute approximate surface area is 134 Å². The van der Waals surface area contributed by atoms with Crippen molar-refractivity contribution < 1.29 is 13.2 Å². The lowest BCUT2D eigenvalue weighted by Gasteiger charge is -2.10. The van der Waals surface area contributed by atoms with Gasteiger partial charge in [0.25, 0.3) is 15.0 Å². The first kappa shape index (κ1) is 16.0. The van der Waals surface area contributed by atoms with Crippen LogP contribution in [0.5, 0.6) is 0 Å². The van der Waals surface area contributed by atoms with Crippen molar-refractivity contribution in [3.8, 4) is 0 Å². The van der Waals surface area contributed by atoms with Crippen LogP contribution in [0.15, 0.2) is 34.0 Å². The zero-order valence-electron chi connectivity index (χ0n) is 11.1. The second-order valence-electron chi connectivity index (χ2n) is 4.41. The molecule has 0 aliphatic heterocycles. The molecule has 0 aliphatic carbocycles. The summed E-state index contributed by atoms with van der Waals surface area (Å²) in [5, 5.41) is 2.66. The predicted octanol–water partition coefficient (Wildman–Crippen LogP) is 2.67. The number of carbonyl (C=O) groups is 1. The molecule has 0 saturated heterocycles. The fraction of sp³-hybridized carbons (Fsp3) is 0.167. The summed E-state index contributed by atoms with van der Waals surface area (Å²) in [6, 6.07) is 2.88. The van der Waals surface area contributed by atoms with Gasteiger partial charge < -0.3 is 9.88 Å². The number of hydrogen-bond acceptors (Lipinski definition) is 4. The third-order valence-electron chi connectivity index (χ3n) is 2.71. The Morgan fingerprint density at radius 3 is 2.62 bits per heavy atom. The van der Waals surface area contributed by atoms with E-state index in [9.17, 15) is 13.2 Å². The van der Waals surface area contributed by atoms with Crippen molar-refractivity contribution in [2.45, 2.75) is 11.8 Å². The molecule has 0 spiro atoms. The minimum atomic E-state index is -3.84. The van der Waals surface area contributed by atoms with Crippen LogP contribution in [0.2, 0.25) is 0 Å². The van der Waals surface area contributed by atoms with Gasteiger partial charge in [-0.3, -0.25) is 4.79 Å². The molecule has 1 aromatic heterocycles. The normalized spacial score (nSPS) is 11.4. The third kappa shape index (κ3) is 3.63. The predicted molar refractivity (Wildman–Crippen MR) is 83.1 cm³/mol. The molecule has 1 amide bonds. The number of halogens is 2. The van der Waals surface area contributed by atoms with Gasteiger partial charge in [-0.15, -0.1) is 0 Å². The highest BCUT2D eigenvalue weighted by molar-refractivity contribution is 9.10. The van der Waals surface area contributed by atoms with Crippen LogP contribution >= 0.6 is 26.6 Å². The zero-order valence-corrected chi connectivity index (χ0v) is 14.3. The lowest BCUT2D eigenvalue weighted by atomic mass is 10.2. The number of nitrogens with one attached hydrogen (secondary N) is 1. The molecule has 1 N–H and O–H groups in total. The van der Waals surface area contributed by atoms with Gasteiger partial charge in [0.2, 0.25) is 0 Å². The summed E-state index contributed by atoms with van der Waals surface area (Å²) in [5.74, 6) is -0.391. The Morgan fingerprint density at radius 1 is 1.43 bits per heavy atom. The molecule has 6 nitrogen and oxygen atoms in total. The van der Waals surface area contributed by atoms with E-state index in [1.807, 2.05) is 0 Å². The second-order valence-corrected chi connectivity index (χ2v) is 7.80. The molecule has 112 valence electrons. The number of nitrogens with zero attached hydrogens (tertiary/aromatic N) is 2. The van der Waals surface area contributed by atoms with E-state index in [1.165, 1.54) is 18.5 Å². The maximum absolute atomic E-state index is 12.0. The lowest BCUT2D eigenvalue weighted by molar-refractivity contribution is 0.102. The summed E-state index contributed by atoms with van der Waals surface area (Å²) in [6.45, 7) is 1.60.